The molecule has 25 nitrogen and oxygen atoms in total. The third kappa shape index (κ3) is 18.6. The maximum absolute atomic E-state index is 13.9. The Morgan fingerprint density at radius 2 is 1.39 bits per heavy atom. The van der Waals surface area contributed by atoms with E-state index in [0.29, 0.717) is 131 Å². The summed E-state index contributed by atoms with van der Waals surface area (Å²) < 4.78 is 29.2. The number of methoxy groups -OCH3 is 2. The van der Waals surface area contributed by atoms with Gasteiger partial charge in [-0.2, -0.15) is 0 Å². The number of nitrogens with two attached hydrogens (primary N) is 1. The number of nitrogens with one attached hydrogen (secondary N) is 4. The van der Waals surface area contributed by atoms with Crippen molar-refractivity contribution in [2.75, 3.05) is 77.4 Å². The lowest BCUT2D eigenvalue weighted by Gasteiger charge is -2.31. The Morgan fingerprint density at radius 1 is 0.773 bits per heavy atom. The van der Waals surface area contributed by atoms with Gasteiger partial charge < -0.3 is 70.4 Å². The van der Waals surface area contributed by atoms with Crippen molar-refractivity contribution in [3.05, 3.63) is 102 Å². The van der Waals surface area contributed by atoms with E-state index in [-0.39, 0.29) is 72.9 Å². The Morgan fingerprint density at radius 3 is 2.02 bits per heavy atom. The van der Waals surface area contributed by atoms with E-state index >= 15 is 0 Å². The molecule has 0 spiro atoms. The lowest BCUT2D eigenvalue weighted by atomic mass is 10.1. The molecule has 2 saturated heterocycles. The number of urea groups is 1. The number of primary amides is 1. The standard InChI is InChI=1S/C42H47N5O9.C18H27N5O6.C3H8/c1-25-15-29-21-44-32-19-37(35(52-4)17-30(32)39(48)45(29)22-25)54-13-7-6-8-14-55-38-20-33-31(18-36(38)53-5)40(49)46-23-26(2)16-34(46)41(50)47(33)42(51)56-24-27-9-11-28(43-3)12-10-27;19-18(29)20-9-4-5-13(12-24)22-15(26)11-21-14(25)6-2-1-3-10-23-16(27)7-8-17(23)28;1-3-2/h9-12,17-21,29,34,41,43,50H,1-2,6-8,13-16,22-24H2,3-5H3;7-8,12-13H,1-6,9-11H2,(H,21,25)(H,22,26)(H3,19,20,29);3H2,1-2H3. The summed E-state index contributed by atoms with van der Waals surface area (Å²) in [4.78, 5) is 119. The van der Waals surface area contributed by atoms with Crippen LogP contribution in [0.4, 0.5) is 26.7 Å². The fourth-order valence-corrected chi connectivity index (χ4v) is 10.1. The van der Waals surface area contributed by atoms with Crippen LogP contribution in [-0.2, 0) is 35.3 Å². The van der Waals surface area contributed by atoms with Crippen LogP contribution in [0.5, 0.6) is 23.0 Å². The third-order valence-corrected chi connectivity index (χ3v) is 14.6. The van der Waals surface area contributed by atoms with Crippen LogP contribution in [0.3, 0.4) is 0 Å². The van der Waals surface area contributed by atoms with Gasteiger partial charge in [-0.3, -0.25) is 38.7 Å². The summed E-state index contributed by atoms with van der Waals surface area (Å²) >= 11 is 0. The number of carbonyl (C=O) groups is 9. The van der Waals surface area contributed by atoms with Gasteiger partial charge in [0.05, 0.1) is 74.6 Å². The summed E-state index contributed by atoms with van der Waals surface area (Å²) in [6, 6.07) is 11.8. The van der Waals surface area contributed by atoms with Crippen molar-refractivity contribution in [3.8, 4) is 23.0 Å². The fourth-order valence-electron chi connectivity index (χ4n) is 10.1. The highest BCUT2D eigenvalue weighted by molar-refractivity contribution is 6.13. The minimum absolute atomic E-state index is 0.0392. The van der Waals surface area contributed by atoms with Crippen LogP contribution in [0, 0.1) is 0 Å². The van der Waals surface area contributed by atoms with Crippen LogP contribution in [0.1, 0.15) is 117 Å². The minimum atomic E-state index is -1.40. The van der Waals surface area contributed by atoms with Gasteiger partial charge in [-0.15, -0.1) is 0 Å². The molecule has 4 unspecified atom stereocenters. The quantitative estimate of drug-likeness (QED) is 0.0213. The van der Waals surface area contributed by atoms with Crippen LogP contribution in [-0.4, -0.2) is 171 Å². The van der Waals surface area contributed by atoms with Gasteiger partial charge >= 0.3 is 12.1 Å². The molecule has 0 bridgehead atoms. The number of imide groups is 1. The lowest BCUT2D eigenvalue weighted by molar-refractivity contribution is -0.137. The number of rotatable bonds is 27. The van der Waals surface area contributed by atoms with Crippen LogP contribution in [0.2, 0.25) is 0 Å². The van der Waals surface area contributed by atoms with E-state index in [0.717, 1.165) is 38.6 Å². The minimum Gasteiger partial charge on any atom is -0.493 e. The van der Waals surface area contributed by atoms with Gasteiger partial charge in [0, 0.05) is 75.8 Å². The number of hydrogen-bond donors (Lipinski definition) is 6. The molecule has 4 atom stereocenters. The highest BCUT2D eigenvalue weighted by Gasteiger charge is 2.46. The Bertz CT molecular complexity index is 3080. The highest BCUT2D eigenvalue weighted by Crippen LogP contribution is 2.43. The molecule has 88 heavy (non-hydrogen) atoms. The Kier molecular flexibility index (Phi) is 25.9. The molecule has 2 fully saturated rings. The number of fused-ring (bicyclic) bond motifs is 4. The first-order valence-electron chi connectivity index (χ1n) is 29.5. The number of unbranched alkanes of at least 4 members (excludes halogenated alkanes) is 4. The number of ether oxygens (including phenoxy) is 5. The second-order valence-electron chi connectivity index (χ2n) is 21.5. The number of nitrogens with zero attached hydrogens (tertiary/aromatic N) is 5. The smallest absolute Gasteiger partial charge is 0.416 e. The van der Waals surface area contributed by atoms with Gasteiger partial charge in [0.1, 0.15) is 12.9 Å². The number of aliphatic hydroxyl groups is 1. The number of aliphatic imine (C=N–C) groups is 1. The van der Waals surface area contributed by atoms with Crippen LogP contribution in [0.25, 0.3) is 0 Å². The zero-order valence-corrected chi connectivity index (χ0v) is 50.8. The van der Waals surface area contributed by atoms with Crippen LogP contribution in [0.15, 0.2) is 90.0 Å². The van der Waals surface area contributed by atoms with E-state index in [1.807, 2.05) is 31.3 Å². The lowest BCUT2D eigenvalue weighted by Crippen LogP contribution is -2.50. The molecule has 0 saturated carbocycles. The molecule has 3 aromatic rings. The van der Waals surface area contributed by atoms with Gasteiger partial charge in [-0.05, 0) is 87.6 Å². The Balaban J connectivity index is 0.000000326. The molecule has 0 radical (unpaired) electrons. The molecular weight excluding hydrogens is 1140 g/mol. The first-order chi connectivity index (χ1) is 42.3. The Hall–Kier alpha value is -9.26. The van der Waals surface area contributed by atoms with Crippen molar-refractivity contribution in [1.82, 2.24) is 30.7 Å². The number of aliphatic hydroxyl groups excluding tert-OH is 1. The van der Waals surface area contributed by atoms with Crippen molar-refractivity contribution < 1.29 is 71.9 Å². The topological polar surface area (TPSA) is 319 Å². The number of anilines is 2. The summed E-state index contributed by atoms with van der Waals surface area (Å²) in [5.41, 5.74) is 9.71. The molecule has 8 rings (SSSR count). The molecule has 0 aromatic heterocycles. The largest absolute Gasteiger partial charge is 0.493 e. The molecule has 5 heterocycles. The number of amides is 9. The SMILES string of the molecule is C=C1CC2C=Nc3cc(OCCCCCOc4cc5c(cc4OC)C(=O)N4CC(=C)CC4C(O)N5C(=O)OCc4ccc(NC)cc4)c(OC)cc3C(=O)N2C1.CCC.NC(=O)NCCCC(C=O)NC(=O)CNC(=O)CCCCCN1C(=O)C=CC1=O. The van der Waals surface area contributed by atoms with E-state index in [2.05, 4.69) is 53.3 Å². The van der Waals surface area contributed by atoms with Gasteiger partial charge in [0.2, 0.25) is 11.8 Å². The molecule has 25 heteroatoms. The van der Waals surface area contributed by atoms with Crippen LogP contribution < -0.4 is 50.8 Å². The van der Waals surface area contributed by atoms with E-state index in [1.165, 1.54) is 37.7 Å². The average molecular weight is 1220 g/mol. The highest BCUT2D eigenvalue weighted by atomic mass is 16.6. The average Bonchev–Trinajstić information content (AvgIpc) is 2.42. The molecule has 3 aromatic carbocycles. The van der Waals surface area contributed by atoms with Crippen molar-refractivity contribution in [3.63, 3.8) is 0 Å². The molecule has 7 N–H and O–H groups in total. The van der Waals surface area contributed by atoms with Gasteiger partial charge in [0.25, 0.3) is 23.6 Å². The molecule has 5 aliphatic rings. The van der Waals surface area contributed by atoms with Crippen molar-refractivity contribution >= 4 is 77.1 Å². The summed E-state index contributed by atoms with van der Waals surface area (Å²) in [5, 5.41) is 22.0. The van der Waals surface area contributed by atoms with Crippen molar-refractivity contribution in [1.29, 1.82) is 0 Å². The number of carbonyl (C=O) groups excluding carboxylic acids is 9. The second kappa shape index (κ2) is 33.6. The molecule has 5 aliphatic heterocycles. The van der Waals surface area contributed by atoms with Gasteiger partial charge in [-0.25, -0.2) is 14.5 Å². The first-order valence-corrected chi connectivity index (χ1v) is 29.5. The Labute approximate surface area is 512 Å². The zero-order chi connectivity index (χ0) is 63.9. The van der Waals surface area contributed by atoms with E-state index in [4.69, 9.17) is 29.4 Å². The molecular formula is C63H82N10O15. The van der Waals surface area contributed by atoms with E-state index in [9.17, 15) is 48.3 Å². The van der Waals surface area contributed by atoms with Gasteiger partial charge in [-0.1, -0.05) is 63.1 Å². The van der Waals surface area contributed by atoms with Crippen LogP contribution >= 0.6 is 0 Å². The summed E-state index contributed by atoms with van der Waals surface area (Å²) in [7, 11) is 4.83. The van der Waals surface area contributed by atoms with Gasteiger partial charge in [0.15, 0.2) is 29.2 Å². The fraction of sp³-hybridized carbons (Fsp3) is 0.460. The maximum atomic E-state index is 13.9. The first kappa shape index (κ1) is 67.9. The third-order valence-electron chi connectivity index (χ3n) is 14.6. The second-order valence-corrected chi connectivity index (χ2v) is 21.5. The zero-order valence-electron chi connectivity index (χ0n) is 50.8. The van der Waals surface area contributed by atoms with Crippen molar-refractivity contribution in [2.45, 2.75) is 122 Å². The van der Waals surface area contributed by atoms with Crippen molar-refractivity contribution in [2.24, 2.45) is 10.7 Å². The summed E-state index contributed by atoms with van der Waals surface area (Å²) in [6.45, 7) is 14.1. The van der Waals surface area contributed by atoms with E-state index in [1.54, 1.807) is 35.4 Å². The summed E-state index contributed by atoms with van der Waals surface area (Å²) in [5.74, 6) is -0.321. The molecule has 9 amide bonds. The number of aldehydes is 1. The monoisotopic (exact) mass is 1220 g/mol. The number of hydrogen-bond acceptors (Lipinski definition) is 17. The molecule has 0 aliphatic carbocycles. The maximum Gasteiger partial charge on any atom is 0.416 e. The number of benzene rings is 3. The molecule has 474 valence electrons. The summed E-state index contributed by atoms with van der Waals surface area (Å²) in [6.07, 6.45) is 9.85. The predicted molar refractivity (Wildman–Crippen MR) is 329 cm³/mol. The van der Waals surface area contributed by atoms with E-state index < -0.39 is 36.3 Å². The predicted octanol–water partition coefficient (Wildman–Crippen LogP) is 6.24. The normalized spacial score (nSPS) is 17.4.